The third kappa shape index (κ3) is 5.68. The summed E-state index contributed by atoms with van der Waals surface area (Å²) in [5, 5.41) is 0. The first-order chi connectivity index (χ1) is 14.0. The number of likely N-dealkylation sites (tertiary alicyclic amines) is 1. The van der Waals surface area contributed by atoms with Crippen LogP contribution in [0.25, 0.3) is 0 Å². The van der Waals surface area contributed by atoms with E-state index in [1.165, 1.54) is 5.56 Å². The highest BCUT2D eigenvalue weighted by Gasteiger charge is 2.28. The van der Waals surface area contributed by atoms with Gasteiger partial charge in [0.2, 0.25) is 5.91 Å². The number of hydrogen-bond donors (Lipinski definition) is 0. The molecule has 29 heavy (non-hydrogen) atoms. The molecular formula is C24H35N3O2. The summed E-state index contributed by atoms with van der Waals surface area (Å²) >= 11 is 0. The molecule has 1 saturated carbocycles. The number of nitrogens with zero attached hydrogens (tertiary/aromatic N) is 3. The van der Waals surface area contributed by atoms with Gasteiger partial charge in [0, 0.05) is 38.3 Å². The summed E-state index contributed by atoms with van der Waals surface area (Å²) in [6.07, 6.45) is 8.06. The quantitative estimate of drug-likeness (QED) is 0.690. The van der Waals surface area contributed by atoms with Crippen molar-refractivity contribution in [3.05, 3.63) is 35.9 Å². The Balaban J connectivity index is 1.43. The predicted octanol–water partition coefficient (Wildman–Crippen LogP) is 4.73. The minimum absolute atomic E-state index is 0.0347. The molecular weight excluding hydrogens is 362 g/mol. The molecule has 158 valence electrons. The molecule has 0 unspecified atom stereocenters. The molecule has 3 rings (SSSR count). The first-order valence-electron chi connectivity index (χ1n) is 11.1. The van der Waals surface area contributed by atoms with Crippen LogP contribution in [0.5, 0.6) is 0 Å². The molecule has 2 aliphatic rings. The number of rotatable bonds is 4. The molecule has 0 N–H and O–H groups in total. The fraction of sp³-hybridized carbons (Fsp3) is 0.625. The van der Waals surface area contributed by atoms with Gasteiger partial charge in [-0.3, -0.25) is 4.79 Å². The van der Waals surface area contributed by atoms with Gasteiger partial charge >= 0.3 is 6.03 Å². The fourth-order valence-corrected chi connectivity index (χ4v) is 4.58. The molecule has 1 saturated heterocycles. The maximum absolute atomic E-state index is 12.5. The third-order valence-electron chi connectivity index (χ3n) is 6.56. The number of amides is 3. The number of piperidine rings is 1. The molecule has 1 aromatic carbocycles. The lowest BCUT2D eigenvalue weighted by Crippen LogP contribution is -2.47. The third-order valence-corrected chi connectivity index (χ3v) is 6.56. The van der Waals surface area contributed by atoms with Crippen LogP contribution in [0.3, 0.4) is 0 Å². The number of benzene rings is 1. The number of urea groups is 1. The summed E-state index contributed by atoms with van der Waals surface area (Å²) in [7, 11) is 1.84. The van der Waals surface area contributed by atoms with E-state index in [9.17, 15) is 9.59 Å². The Kier molecular flexibility index (Phi) is 7.45. The molecule has 1 heterocycles. The maximum Gasteiger partial charge on any atom is 0.343 e. The van der Waals surface area contributed by atoms with E-state index in [2.05, 4.69) is 35.3 Å². The predicted molar refractivity (Wildman–Crippen MR) is 117 cm³/mol. The number of carbonyl (C=O) groups is 2. The van der Waals surface area contributed by atoms with Crippen LogP contribution in [0.4, 0.5) is 4.79 Å². The van der Waals surface area contributed by atoms with Crippen molar-refractivity contribution in [2.75, 3.05) is 20.1 Å². The largest absolute Gasteiger partial charge is 0.343 e. The Labute approximate surface area is 175 Å². The molecule has 5 nitrogen and oxygen atoms in total. The van der Waals surface area contributed by atoms with E-state index in [-0.39, 0.29) is 23.9 Å². The lowest BCUT2D eigenvalue weighted by Gasteiger charge is -2.36. The van der Waals surface area contributed by atoms with Crippen molar-refractivity contribution in [2.24, 2.45) is 16.8 Å². The standard InChI is InChI=1S/C24H35N3O2/c1-18(2)23(28)27-15-13-22(14-16-27)26(3)24(29)25-17-19-9-11-21(12-10-19)20-7-5-4-6-8-20/h4-8,17-19,21-22H,9-16H2,1-3H3/b25-17+. The minimum Gasteiger partial charge on any atom is -0.342 e. The van der Waals surface area contributed by atoms with Crippen molar-refractivity contribution in [2.45, 2.75) is 64.3 Å². The van der Waals surface area contributed by atoms with Crippen molar-refractivity contribution in [1.29, 1.82) is 0 Å². The van der Waals surface area contributed by atoms with Crippen molar-refractivity contribution in [1.82, 2.24) is 9.80 Å². The summed E-state index contributed by atoms with van der Waals surface area (Å²) in [5.74, 6) is 1.28. The molecule has 1 aromatic rings. The van der Waals surface area contributed by atoms with Crippen molar-refractivity contribution in [3.63, 3.8) is 0 Å². The zero-order chi connectivity index (χ0) is 20.8. The van der Waals surface area contributed by atoms with Gasteiger partial charge in [-0.15, -0.1) is 0 Å². The minimum atomic E-state index is -0.149. The summed E-state index contributed by atoms with van der Waals surface area (Å²) in [5.41, 5.74) is 1.43. The smallest absolute Gasteiger partial charge is 0.342 e. The highest BCUT2D eigenvalue weighted by Crippen LogP contribution is 2.35. The van der Waals surface area contributed by atoms with E-state index in [1.807, 2.05) is 32.0 Å². The van der Waals surface area contributed by atoms with Crippen LogP contribution in [0.15, 0.2) is 35.3 Å². The Bertz CT molecular complexity index is 700. The van der Waals surface area contributed by atoms with Crippen LogP contribution in [0.2, 0.25) is 0 Å². The Morgan fingerprint density at radius 3 is 2.24 bits per heavy atom. The second-order valence-electron chi connectivity index (χ2n) is 8.91. The van der Waals surface area contributed by atoms with Crippen molar-refractivity contribution < 1.29 is 9.59 Å². The number of carbonyl (C=O) groups excluding carboxylic acids is 2. The van der Waals surface area contributed by atoms with E-state index < -0.39 is 0 Å². The molecule has 0 atom stereocenters. The summed E-state index contributed by atoms with van der Waals surface area (Å²) in [6, 6.07) is 10.8. The second kappa shape index (κ2) is 10.0. The van der Waals surface area contributed by atoms with E-state index in [4.69, 9.17) is 0 Å². The zero-order valence-corrected chi connectivity index (χ0v) is 18.1. The van der Waals surface area contributed by atoms with Crippen LogP contribution in [0.1, 0.15) is 63.9 Å². The molecule has 1 aliphatic carbocycles. The highest BCUT2D eigenvalue weighted by molar-refractivity contribution is 5.84. The van der Waals surface area contributed by atoms with Gasteiger partial charge in [-0.05, 0) is 55.9 Å². The van der Waals surface area contributed by atoms with Gasteiger partial charge < -0.3 is 9.80 Å². The van der Waals surface area contributed by atoms with E-state index in [1.54, 1.807) is 4.90 Å². The fourth-order valence-electron chi connectivity index (χ4n) is 4.58. The van der Waals surface area contributed by atoms with E-state index in [0.717, 1.165) is 51.6 Å². The first kappa shape index (κ1) is 21.5. The van der Waals surface area contributed by atoms with Gasteiger partial charge in [-0.1, -0.05) is 44.2 Å². The summed E-state index contributed by atoms with van der Waals surface area (Å²) in [6.45, 7) is 5.33. The Hall–Kier alpha value is -2.17. The van der Waals surface area contributed by atoms with Gasteiger partial charge in [0.05, 0.1) is 0 Å². The van der Waals surface area contributed by atoms with Gasteiger partial charge in [-0.2, -0.15) is 0 Å². The average molecular weight is 398 g/mol. The topological polar surface area (TPSA) is 53.0 Å². The molecule has 1 aliphatic heterocycles. The van der Waals surface area contributed by atoms with Crippen LogP contribution < -0.4 is 0 Å². The molecule has 2 fully saturated rings. The average Bonchev–Trinajstić information content (AvgIpc) is 2.77. The molecule has 0 spiro atoms. The van der Waals surface area contributed by atoms with Crippen LogP contribution >= 0.6 is 0 Å². The van der Waals surface area contributed by atoms with Gasteiger partial charge in [0.15, 0.2) is 0 Å². The summed E-state index contributed by atoms with van der Waals surface area (Å²) in [4.78, 5) is 32.6. The van der Waals surface area contributed by atoms with Gasteiger partial charge in [-0.25, -0.2) is 9.79 Å². The second-order valence-corrected chi connectivity index (χ2v) is 8.91. The molecule has 0 bridgehead atoms. The van der Waals surface area contributed by atoms with Crippen LogP contribution in [-0.4, -0.2) is 54.1 Å². The Morgan fingerprint density at radius 1 is 1.03 bits per heavy atom. The summed E-state index contributed by atoms with van der Waals surface area (Å²) < 4.78 is 0. The molecule has 0 aromatic heterocycles. The normalized spacial score (nSPS) is 23.5. The molecule has 0 radical (unpaired) electrons. The van der Waals surface area contributed by atoms with Gasteiger partial charge in [0.1, 0.15) is 0 Å². The van der Waals surface area contributed by atoms with Crippen LogP contribution in [0, 0.1) is 11.8 Å². The van der Waals surface area contributed by atoms with Crippen molar-refractivity contribution >= 4 is 18.2 Å². The lowest BCUT2D eigenvalue weighted by atomic mass is 9.79. The van der Waals surface area contributed by atoms with Crippen LogP contribution in [-0.2, 0) is 4.79 Å². The lowest BCUT2D eigenvalue weighted by molar-refractivity contribution is -0.135. The van der Waals surface area contributed by atoms with Gasteiger partial charge in [0.25, 0.3) is 0 Å². The SMILES string of the molecule is CC(C)C(=O)N1CCC(N(C)C(=O)/N=C/C2CCC(c3ccccc3)CC2)CC1. The highest BCUT2D eigenvalue weighted by atomic mass is 16.2. The van der Waals surface area contributed by atoms with Crippen molar-refractivity contribution in [3.8, 4) is 0 Å². The monoisotopic (exact) mass is 397 g/mol. The maximum atomic E-state index is 12.5. The number of aliphatic imine (C=N–C) groups is 1. The van der Waals surface area contributed by atoms with E-state index in [0.29, 0.717) is 11.8 Å². The molecule has 5 heteroatoms. The molecule has 3 amide bonds. The zero-order valence-electron chi connectivity index (χ0n) is 18.1. The Morgan fingerprint density at radius 2 is 1.66 bits per heavy atom. The van der Waals surface area contributed by atoms with E-state index >= 15 is 0 Å². The first-order valence-corrected chi connectivity index (χ1v) is 11.1. The number of hydrogen-bond acceptors (Lipinski definition) is 2.